The number of hydrogen-bond donors (Lipinski definition) is 2. The van der Waals surface area contributed by atoms with Crippen LogP contribution < -0.4 is 10.2 Å². The summed E-state index contributed by atoms with van der Waals surface area (Å²) < 4.78 is 26.5. The molecule has 0 aliphatic heterocycles. The molecule has 1 atom stereocenters. The molecule has 0 aliphatic rings. The standard InChI is InChI=1S/C17H18F2N2OS/c1-21(9-10-23-16-8-3-2-7-15(16)19)12-17(22)20-14-6-4-5-13(18)11-14/h2-8,11H,9-10,12H2,1H3,(H,20,22)/p+1. The van der Waals surface area contributed by atoms with Crippen LogP contribution in [0.4, 0.5) is 14.5 Å². The molecule has 0 saturated heterocycles. The number of amides is 1. The summed E-state index contributed by atoms with van der Waals surface area (Å²) in [5.41, 5.74) is 0.448. The number of benzene rings is 2. The Hall–Kier alpha value is -1.92. The molecule has 2 N–H and O–H groups in total. The average Bonchev–Trinajstić information content (AvgIpc) is 2.49. The van der Waals surface area contributed by atoms with Crippen LogP contribution in [-0.2, 0) is 4.79 Å². The molecule has 0 aliphatic carbocycles. The third-order valence-corrected chi connectivity index (χ3v) is 4.24. The van der Waals surface area contributed by atoms with Crippen molar-refractivity contribution in [1.82, 2.24) is 0 Å². The van der Waals surface area contributed by atoms with Gasteiger partial charge in [-0.15, -0.1) is 11.8 Å². The van der Waals surface area contributed by atoms with Gasteiger partial charge < -0.3 is 10.2 Å². The maximum Gasteiger partial charge on any atom is 0.279 e. The van der Waals surface area contributed by atoms with E-state index in [1.807, 2.05) is 7.05 Å². The molecule has 0 aromatic heterocycles. The quantitative estimate of drug-likeness (QED) is 0.760. The van der Waals surface area contributed by atoms with Gasteiger partial charge in [0.05, 0.1) is 13.6 Å². The average molecular weight is 337 g/mol. The monoisotopic (exact) mass is 337 g/mol. The number of thioether (sulfide) groups is 1. The van der Waals surface area contributed by atoms with Gasteiger partial charge in [-0.05, 0) is 30.3 Å². The Balaban J connectivity index is 1.73. The number of likely N-dealkylation sites (N-methyl/N-ethyl adjacent to an activating group) is 1. The number of hydrogen-bond acceptors (Lipinski definition) is 2. The SMILES string of the molecule is C[NH+](CCSc1ccccc1F)CC(=O)Nc1cccc(F)c1. The number of carbonyl (C=O) groups excluding carboxylic acids is 1. The second-order valence-electron chi connectivity index (χ2n) is 5.22. The van der Waals surface area contributed by atoms with Crippen LogP contribution in [0.2, 0.25) is 0 Å². The van der Waals surface area contributed by atoms with Crippen molar-refractivity contribution in [2.45, 2.75) is 4.90 Å². The van der Waals surface area contributed by atoms with Crippen LogP contribution in [0.25, 0.3) is 0 Å². The number of rotatable bonds is 7. The van der Waals surface area contributed by atoms with E-state index in [-0.39, 0.29) is 24.1 Å². The van der Waals surface area contributed by atoms with E-state index in [4.69, 9.17) is 0 Å². The second kappa shape index (κ2) is 8.64. The van der Waals surface area contributed by atoms with Gasteiger partial charge in [-0.25, -0.2) is 8.78 Å². The predicted molar refractivity (Wildman–Crippen MR) is 88.8 cm³/mol. The molecule has 0 spiro atoms. The lowest BCUT2D eigenvalue weighted by Gasteiger charge is -2.13. The zero-order valence-corrected chi connectivity index (χ0v) is 13.6. The van der Waals surface area contributed by atoms with E-state index in [1.165, 1.54) is 30.0 Å². The topological polar surface area (TPSA) is 33.5 Å². The summed E-state index contributed by atoms with van der Waals surface area (Å²) in [6, 6.07) is 12.4. The van der Waals surface area contributed by atoms with E-state index >= 15 is 0 Å². The molecule has 0 fully saturated rings. The molecule has 1 amide bonds. The van der Waals surface area contributed by atoms with Crippen molar-refractivity contribution in [2.75, 3.05) is 31.2 Å². The van der Waals surface area contributed by atoms with Gasteiger partial charge in [-0.2, -0.15) is 0 Å². The highest BCUT2D eigenvalue weighted by Crippen LogP contribution is 2.19. The first-order valence-electron chi connectivity index (χ1n) is 7.28. The lowest BCUT2D eigenvalue weighted by atomic mass is 10.3. The van der Waals surface area contributed by atoms with Gasteiger partial charge in [-0.3, -0.25) is 4.79 Å². The second-order valence-corrected chi connectivity index (χ2v) is 6.36. The van der Waals surface area contributed by atoms with Gasteiger partial charge in [-0.1, -0.05) is 18.2 Å². The third kappa shape index (κ3) is 6.00. The van der Waals surface area contributed by atoms with E-state index in [0.29, 0.717) is 16.3 Å². The lowest BCUT2D eigenvalue weighted by molar-refractivity contribution is -0.868. The highest BCUT2D eigenvalue weighted by Gasteiger charge is 2.11. The molecule has 23 heavy (non-hydrogen) atoms. The highest BCUT2D eigenvalue weighted by molar-refractivity contribution is 7.99. The Kier molecular flexibility index (Phi) is 6.55. The number of carbonyl (C=O) groups is 1. The molecule has 2 rings (SSSR count). The minimum atomic E-state index is -0.384. The fourth-order valence-electron chi connectivity index (χ4n) is 2.03. The summed E-state index contributed by atoms with van der Waals surface area (Å²) >= 11 is 1.43. The number of nitrogens with one attached hydrogen (secondary N) is 2. The summed E-state index contributed by atoms with van der Waals surface area (Å²) in [6.07, 6.45) is 0. The number of quaternary nitrogens is 1. The molecular weight excluding hydrogens is 318 g/mol. The Morgan fingerprint density at radius 3 is 2.70 bits per heavy atom. The van der Waals surface area contributed by atoms with Gasteiger partial charge in [0.1, 0.15) is 11.6 Å². The van der Waals surface area contributed by atoms with E-state index in [0.717, 1.165) is 11.4 Å². The van der Waals surface area contributed by atoms with E-state index in [9.17, 15) is 13.6 Å². The Bertz CT molecular complexity index is 667. The smallest absolute Gasteiger partial charge is 0.279 e. The minimum Gasteiger partial charge on any atom is -0.329 e. The predicted octanol–water partition coefficient (Wildman–Crippen LogP) is 2.21. The molecule has 3 nitrogen and oxygen atoms in total. The van der Waals surface area contributed by atoms with Crippen molar-refractivity contribution < 1.29 is 18.5 Å². The Labute approximate surface area is 138 Å². The fourth-order valence-corrected chi connectivity index (χ4v) is 3.08. The van der Waals surface area contributed by atoms with Crippen LogP contribution in [0.1, 0.15) is 0 Å². The van der Waals surface area contributed by atoms with Crippen molar-refractivity contribution in [1.29, 1.82) is 0 Å². The molecule has 122 valence electrons. The number of halogens is 2. The summed E-state index contributed by atoms with van der Waals surface area (Å²) in [5.74, 6) is -0.0761. The Morgan fingerprint density at radius 1 is 1.17 bits per heavy atom. The maximum absolute atomic E-state index is 13.5. The first-order chi connectivity index (χ1) is 11.0. The van der Waals surface area contributed by atoms with Gasteiger partial charge >= 0.3 is 0 Å². The number of anilines is 1. The zero-order chi connectivity index (χ0) is 16.7. The summed E-state index contributed by atoms with van der Waals surface area (Å²) in [7, 11) is 1.90. The van der Waals surface area contributed by atoms with Crippen molar-refractivity contribution >= 4 is 23.4 Å². The molecule has 1 unspecified atom stereocenters. The maximum atomic E-state index is 13.5. The molecule has 2 aromatic rings. The molecule has 0 radical (unpaired) electrons. The fraction of sp³-hybridized carbons (Fsp3) is 0.235. The van der Waals surface area contributed by atoms with Gasteiger partial charge in [0.25, 0.3) is 5.91 Å². The van der Waals surface area contributed by atoms with Crippen molar-refractivity contribution in [3.05, 3.63) is 60.2 Å². The largest absolute Gasteiger partial charge is 0.329 e. The minimum absolute atomic E-state index is 0.177. The van der Waals surface area contributed by atoms with Crippen LogP contribution in [0.3, 0.4) is 0 Å². The van der Waals surface area contributed by atoms with Crippen LogP contribution in [0.15, 0.2) is 53.4 Å². The van der Waals surface area contributed by atoms with Crippen molar-refractivity contribution in [2.24, 2.45) is 0 Å². The summed E-state index contributed by atoms with van der Waals surface area (Å²) in [6.45, 7) is 0.990. The zero-order valence-electron chi connectivity index (χ0n) is 12.8. The highest BCUT2D eigenvalue weighted by atomic mass is 32.2. The lowest BCUT2D eigenvalue weighted by Crippen LogP contribution is -3.10. The van der Waals surface area contributed by atoms with Gasteiger partial charge in [0.2, 0.25) is 0 Å². The van der Waals surface area contributed by atoms with Crippen molar-refractivity contribution in [3.63, 3.8) is 0 Å². The summed E-state index contributed by atoms with van der Waals surface area (Å²) in [5, 5.41) is 2.66. The molecule has 0 saturated carbocycles. The first kappa shape index (κ1) is 17.4. The molecular formula is C17H19F2N2OS+. The Morgan fingerprint density at radius 2 is 1.96 bits per heavy atom. The van der Waals surface area contributed by atoms with Crippen LogP contribution in [0.5, 0.6) is 0 Å². The van der Waals surface area contributed by atoms with E-state index in [1.54, 1.807) is 30.3 Å². The van der Waals surface area contributed by atoms with Gasteiger partial charge in [0.15, 0.2) is 6.54 Å². The van der Waals surface area contributed by atoms with Crippen molar-refractivity contribution in [3.8, 4) is 0 Å². The van der Waals surface area contributed by atoms with E-state index < -0.39 is 0 Å². The first-order valence-corrected chi connectivity index (χ1v) is 8.27. The third-order valence-electron chi connectivity index (χ3n) is 3.19. The molecule has 0 bridgehead atoms. The molecule has 2 aromatic carbocycles. The molecule has 6 heteroatoms. The van der Waals surface area contributed by atoms with Crippen LogP contribution in [0, 0.1) is 11.6 Å². The normalized spacial score (nSPS) is 12.0. The van der Waals surface area contributed by atoms with E-state index in [2.05, 4.69) is 5.32 Å². The van der Waals surface area contributed by atoms with Gasteiger partial charge in [0, 0.05) is 16.3 Å². The summed E-state index contributed by atoms with van der Waals surface area (Å²) in [4.78, 5) is 13.5. The van der Waals surface area contributed by atoms with Crippen LogP contribution in [-0.4, -0.2) is 31.8 Å². The van der Waals surface area contributed by atoms with Crippen LogP contribution >= 0.6 is 11.8 Å². The molecule has 0 heterocycles.